The Morgan fingerprint density at radius 2 is 2.12 bits per heavy atom. The van der Waals surface area contributed by atoms with Crippen LogP contribution in [0.3, 0.4) is 0 Å². The molecule has 0 bridgehead atoms. The molecule has 3 heterocycles. The molecule has 0 radical (unpaired) electrons. The largest absolute Gasteiger partial charge is 0.433 e. The first-order valence-corrected chi connectivity index (χ1v) is 11.0. The van der Waals surface area contributed by atoms with E-state index in [1.165, 1.54) is 30.3 Å². The van der Waals surface area contributed by atoms with Gasteiger partial charge in [0.25, 0.3) is 11.5 Å². The first-order chi connectivity index (χ1) is 15.8. The van der Waals surface area contributed by atoms with Crippen LogP contribution in [0, 0.1) is 17.8 Å². The number of aryl methyl sites for hydroxylation is 1. The third-order valence-electron chi connectivity index (χ3n) is 4.95. The van der Waals surface area contributed by atoms with Crippen molar-refractivity contribution in [2.75, 3.05) is 5.32 Å². The number of halogens is 3. The molecule has 12 heteroatoms. The lowest BCUT2D eigenvalue weighted by Gasteiger charge is -2.18. The second-order valence-corrected chi connectivity index (χ2v) is 8.56. The summed E-state index contributed by atoms with van der Waals surface area (Å²) in [5.74, 6) is 5.44. The topological polar surface area (TPSA) is 99.0 Å². The van der Waals surface area contributed by atoms with Gasteiger partial charge in [0.15, 0.2) is 10.8 Å². The predicted molar refractivity (Wildman–Crippen MR) is 119 cm³/mol. The van der Waals surface area contributed by atoms with Crippen LogP contribution in [0.1, 0.15) is 34.6 Å². The number of hydrogen-bond donors (Lipinski definition) is 1. The van der Waals surface area contributed by atoms with Crippen molar-refractivity contribution in [2.24, 2.45) is 13.0 Å². The van der Waals surface area contributed by atoms with Gasteiger partial charge in [0.1, 0.15) is 5.15 Å². The molecule has 3 aromatic rings. The number of rotatable bonds is 5. The highest BCUT2D eigenvalue weighted by Crippen LogP contribution is 2.34. The van der Waals surface area contributed by atoms with Gasteiger partial charge in [0.05, 0.1) is 11.8 Å². The second kappa shape index (κ2) is 9.64. The minimum absolute atomic E-state index is 0.00868. The van der Waals surface area contributed by atoms with Gasteiger partial charge in [-0.05, 0) is 24.8 Å². The van der Waals surface area contributed by atoms with Crippen LogP contribution >= 0.6 is 22.9 Å². The molecular weight excluding hydrogens is 476 g/mol. The highest BCUT2D eigenvalue weighted by atomic mass is 35.5. The molecule has 0 spiro atoms. The number of anilines is 1. The van der Waals surface area contributed by atoms with E-state index in [-0.39, 0.29) is 32.7 Å². The molecule has 1 amide bonds. The van der Waals surface area contributed by atoms with Crippen molar-refractivity contribution in [3.05, 3.63) is 50.6 Å². The molecule has 0 aliphatic heterocycles. The van der Waals surface area contributed by atoms with Crippen LogP contribution in [-0.2, 0) is 7.05 Å². The maximum atomic E-state index is 13.0. The number of ether oxygens (including phenoxy) is 1. The second-order valence-electron chi connectivity index (χ2n) is 7.20. The third-order valence-corrected chi connectivity index (χ3v) is 5.91. The van der Waals surface area contributed by atoms with Crippen molar-refractivity contribution in [3.8, 4) is 28.7 Å². The average Bonchev–Trinajstić information content (AvgIpc) is 3.16. The number of alkyl halides is 2. The fourth-order valence-electron chi connectivity index (χ4n) is 3.06. The van der Waals surface area contributed by atoms with Gasteiger partial charge >= 0.3 is 6.61 Å². The standard InChI is InChI=1S/C21H16ClF2N5O3S/c1-29-10-14(12-7-16(22)25-9-15(12)32-20(23)24)13(8-18(29)30)19(31)26-21-28-27-17(33-21)6-5-11-3-2-4-11/h7-11,20H,2-4H2,1H3,(H,26,28,31). The Labute approximate surface area is 195 Å². The maximum Gasteiger partial charge on any atom is 0.387 e. The highest BCUT2D eigenvalue weighted by Gasteiger charge is 2.21. The zero-order chi connectivity index (χ0) is 23.5. The number of hydrogen-bond acceptors (Lipinski definition) is 7. The lowest BCUT2D eigenvalue weighted by atomic mass is 9.86. The SMILES string of the molecule is Cn1cc(-c2cc(Cl)ncc2OC(F)F)c(C(=O)Nc2nnc(C#CC3CCC3)s2)cc1=O. The number of nitrogens with one attached hydrogen (secondary N) is 1. The minimum atomic E-state index is -3.13. The van der Waals surface area contributed by atoms with E-state index < -0.39 is 18.1 Å². The molecule has 170 valence electrons. The number of carbonyl (C=O) groups is 1. The Balaban J connectivity index is 1.67. The molecular formula is C21H16ClF2N5O3S. The Morgan fingerprint density at radius 3 is 2.82 bits per heavy atom. The summed E-state index contributed by atoms with van der Waals surface area (Å²) >= 11 is 7.04. The molecule has 0 unspecified atom stereocenters. The van der Waals surface area contributed by atoms with Gasteiger partial charge in [-0.15, -0.1) is 10.2 Å². The normalized spacial score (nSPS) is 13.2. The Hall–Kier alpha value is -3.36. The molecule has 3 aromatic heterocycles. The summed E-state index contributed by atoms with van der Waals surface area (Å²) in [7, 11) is 1.46. The summed E-state index contributed by atoms with van der Waals surface area (Å²) < 4.78 is 31.5. The summed E-state index contributed by atoms with van der Waals surface area (Å²) in [4.78, 5) is 29.0. The van der Waals surface area contributed by atoms with Crippen molar-refractivity contribution in [1.82, 2.24) is 19.7 Å². The molecule has 0 saturated heterocycles. The van der Waals surface area contributed by atoms with Crippen LogP contribution in [0.4, 0.5) is 13.9 Å². The van der Waals surface area contributed by atoms with Gasteiger partial charge in [-0.2, -0.15) is 8.78 Å². The van der Waals surface area contributed by atoms with Crippen molar-refractivity contribution >= 4 is 34.0 Å². The maximum absolute atomic E-state index is 13.0. The van der Waals surface area contributed by atoms with Gasteiger partial charge in [-0.3, -0.25) is 14.9 Å². The van der Waals surface area contributed by atoms with Gasteiger partial charge < -0.3 is 9.30 Å². The smallest absolute Gasteiger partial charge is 0.387 e. The van der Waals surface area contributed by atoms with E-state index in [0.29, 0.717) is 10.9 Å². The number of nitrogens with zero attached hydrogens (tertiary/aromatic N) is 4. The van der Waals surface area contributed by atoms with Gasteiger partial charge in [-0.1, -0.05) is 35.3 Å². The monoisotopic (exact) mass is 491 g/mol. The van der Waals surface area contributed by atoms with Crippen molar-refractivity contribution in [2.45, 2.75) is 25.9 Å². The summed E-state index contributed by atoms with van der Waals surface area (Å²) in [5.41, 5.74) is -0.356. The summed E-state index contributed by atoms with van der Waals surface area (Å²) in [6, 6.07) is 2.36. The van der Waals surface area contributed by atoms with Crippen LogP contribution in [0.15, 0.2) is 29.3 Å². The first-order valence-electron chi connectivity index (χ1n) is 9.78. The average molecular weight is 492 g/mol. The molecule has 4 rings (SSSR count). The molecule has 0 atom stereocenters. The van der Waals surface area contributed by atoms with E-state index in [9.17, 15) is 18.4 Å². The molecule has 1 N–H and O–H groups in total. The van der Waals surface area contributed by atoms with E-state index in [0.717, 1.165) is 36.4 Å². The van der Waals surface area contributed by atoms with Gasteiger partial charge in [0, 0.05) is 36.4 Å². The van der Waals surface area contributed by atoms with Gasteiger partial charge in [0.2, 0.25) is 5.13 Å². The van der Waals surface area contributed by atoms with Crippen LogP contribution in [0.2, 0.25) is 5.15 Å². The quantitative estimate of drug-likeness (QED) is 0.428. The lowest BCUT2D eigenvalue weighted by molar-refractivity contribution is -0.0496. The van der Waals surface area contributed by atoms with E-state index >= 15 is 0 Å². The number of amides is 1. The van der Waals surface area contributed by atoms with Crippen LogP contribution in [0.5, 0.6) is 5.75 Å². The Kier molecular flexibility index (Phi) is 6.67. The molecule has 1 aliphatic carbocycles. The van der Waals surface area contributed by atoms with E-state index in [1.54, 1.807) is 0 Å². The highest BCUT2D eigenvalue weighted by molar-refractivity contribution is 7.15. The van der Waals surface area contributed by atoms with Crippen molar-refractivity contribution in [1.29, 1.82) is 0 Å². The first kappa shape index (κ1) is 22.8. The predicted octanol–water partition coefficient (Wildman–Crippen LogP) is 3.96. The molecule has 33 heavy (non-hydrogen) atoms. The minimum Gasteiger partial charge on any atom is -0.433 e. The third kappa shape index (κ3) is 5.35. The lowest BCUT2D eigenvalue weighted by Crippen LogP contribution is -2.22. The summed E-state index contributed by atoms with van der Waals surface area (Å²) in [6.45, 7) is -3.13. The van der Waals surface area contributed by atoms with E-state index in [1.807, 2.05) is 0 Å². The number of pyridine rings is 2. The zero-order valence-corrected chi connectivity index (χ0v) is 18.7. The summed E-state index contributed by atoms with van der Waals surface area (Å²) in [6.07, 6.45) is 5.66. The van der Waals surface area contributed by atoms with Crippen LogP contribution in [0.25, 0.3) is 11.1 Å². The molecule has 8 nitrogen and oxygen atoms in total. The van der Waals surface area contributed by atoms with Crippen molar-refractivity contribution < 1.29 is 18.3 Å². The summed E-state index contributed by atoms with van der Waals surface area (Å²) in [5, 5.41) is 11.1. The van der Waals surface area contributed by atoms with E-state index in [4.69, 9.17) is 11.6 Å². The fourth-order valence-corrected chi connectivity index (χ4v) is 3.81. The van der Waals surface area contributed by atoms with Crippen LogP contribution < -0.4 is 15.6 Å². The van der Waals surface area contributed by atoms with Crippen molar-refractivity contribution in [3.63, 3.8) is 0 Å². The van der Waals surface area contributed by atoms with Gasteiger partial charge in [-0.25, -0.2) is 4.98 Å². The fraction of sp³-hybridized carbons (Fsp3) is 0.286. The molecule has 1 aliphatic rings. The number of carbonyl (C=O) groups excluding carboxylic acids is 1. The van der Waals surface area contributed by atoms with Crippen LogP contribution in [-0.4, -0.2) is 32.3 Å². The number of aromatic nitrogens is 4. The Bertz CT molecular complexity index is 1330. The molecule has 1 fully saturated rings. The molecule has 1 saturated carbocycles. The Morgan fingerprint density at radius 1 is 1.33 bits per heavy atom. The molecule has 0 aromatic carbocycles. The van der Waals surface area contributed by atoms with E-state index in [2.05, 4.69) is 37.1 Å². The zero-order valence-electron chi connectivity index (χ0n) is 17.1.